The number of carbonyl (C=O) groups is 2. The number of ether oxygens (including phenoxy) is 1. The normalized spacial score (nSPS) is 11.3. The number of carbonyl (C=O) groups excluding carboxylic acids is 2. The Kier molecular flexibility index (Phi) is 5.28. The van der Waals surface area contributed by atoms with E-state index in [-0.39, 0.29) is 6.42 Å². The molecule has 0 bridgehead atoms. The van der Waals surface area contributed by atoms with Crippen LogP contribution in [0.2, 0.25) is 0 Å². The highest BCUT2D eigenvalue weighted by atomic mass is 32.1. The molecule has 0 aliphatic rings. The second-order valence-electron chi connectivity index (χ2n) is 4.53. The largest absolute Gasteiger partial charge is 0.452 e. The molecule has 1 heterocycles. The summed E-state index contributed by atoms with van der Waals surface area (Å²) >= 11 is 1.46. The third-order valence-electron chi connectivity index (χ3n) is 2.88. The Hall–Kier alpha value is -2.65. The summed E-state index contributed by atoms with van der Waals surface area (Å²) in [5.74, 6) is -0.930. The molecule has 112 valence electrons. The van der Waals surface area contributed by atoms with Gasteiger partial charge in [-0.2, -0.15) is 5.26 Å². The first kappa shape index (κ1) is 15.7. The predicted octanol–water partition coefficient (Wildman–Crippen LogP) is 2.73. The second kappa shape index (κ2) is 7.38. The summed E-state index contributed by atoms with van der Waals surface area (Å²) in [6, 6.07) is 12.3. The molecule has 22 heavy (non-hydrogen) atoms. The molecular weight excluding hydrogens is 300 g/mol. The van der Waals surface area contributed by atoms with Crippen molar-refractivity contribution in [1.82, 2.24) is 0 Å². The van der Waals surface area contributed by atoms with E-state index in [0.29, 0.717) is 11.3 Å². The number of benzene rings is 1. The third kappa shape index (κ3) is 4.17. The fourth-order valence-corrected chi connectivity index (χ4v) is 2.46. The van der Waals surface area contributed by atoms with E-state index in [1.54, 1.807) is 24.3 Å². The van der Waals surface area contributed by atoms with Gasteiger partial charge in [-0.05, 0) is 30.5 Å². The van der Waals surface area contributed by atoms with Crippen LogP contribution >= 0.6 is 11.3 Å². The van der Waals surface area contributed by atoms with Gasteiger partial charge >= 0.3 is 5.97 Å². The van der Waals surface area contributed by atoms with Crippen molar-refractivity contribution in [3.8, 4) is 6.07 Å². The summed E-state index contributed by atoms with van der Waals surface area (Å²) in [6.45, 7) is 1.50. The first-order chi connectivity index (χ1) is 10.6. The molecule has 0 radical (unpaired) electrons. The summed E-state index contributed by atoms with van der Waals surface area (Å²) in [4.78, 5) is 24.7. The Morgan fingerprint density at radius 3 is 2.77 bits per heavy atom. The lowest BCUT2D eigenvalue weighted by Gasteiger charge is -2.13. The molecular formula is C16H14N2O3S. The van der Waals surface area contributed by atoms with Crippen LogP contribution in [0, 0.1) is 11.3 Å². The average Bonchev–Trinajstić information content (AvgIpc) is 3.00. The van der Waals surface area contributed by atoms with Crippen LogP contribution in [-0.4, -0.2) is 18.0 Å². The van der Waals surface area contributed by atoms with Gasteiger partial charge in [0.15, 0.2) is 6.10 Å². The van der Waals surface area contributed by atoms with E-state index in [2.05, 4.69) is 5.32 Å². The number of esters is 1. The molecule has 2 rings (SSSR count). The lowest BCUT2D eigenvalue weighted by Crippen LogP contribution is -2.30. The van der Waals surface area contributed by atoms with Crippen molar-refractivity contribution in [2.24, 2.45) is 0 Å². The quantitative estimate of drug-likeness (QED) is 0.861. The van der Waals surface area contributed by atoms with E-state index in [1.807, 2.05) is 23.6 Å². The summed E-state index contributed by atoms with van der Waals surface area (Å²) in [5.41, 5.74) is 0.754. The number of hydrogen-bond acceptors (Lipinski definition) is 5. The number of amides is 1. The van der Waals surface area contributed by atoms with Crippen molar-refractivity contribution < 1.29 is 14.3 Å². The smallest absolute Gasteiger partial charge is 0.311 e. The van der Waals surface area contributed by atoms with Gasteiger partial charge in [-0.1, -0.05) is 18.2 Å². The fraction of sp³-hybridized carbons (Fsp3) is 0.188. The van der Waals surface area contributed by atoms with Crippen LogP contribution in [0.25, 0.3) is 0 Å². The number of thiophene rings is 1. The highest BCUT2D eigenvalue weighted by Gasteiger charge is 2.19. The summed E-state index contributed by atoms with van der Waals surface area (Å²) < 4.78 is 5.10. The van der Waals surface area contributed by atoms with E-state index in [0.717, 1.165) is 4.88 Å². The van der Waals surface area contributed by atoms with Crippen molar-refractivity contribution >= 4 is 28.9 Å². The van der Waals surface area contributed by atoms with Gasteiger partial charge in [-0.3, -0.25) is 9.59 Å². The zero-order chi connectivity index (χ0) is 15.9. The van der Waals surface area contributed by atoms with Crippen molar-refractivity contribution in [2.75, 3.05) is 5.32 Å². The molecule has 0 spiro atoms. The highest BCUT2D eigenvalue weighted by Crippen LogP contribution is 2.15. The second-order valence-corrected chi connectivity index (χ2v) is 5.57. The van der Waals surface area contributed by atoms with Gasteiger partial charge in [0, 0.05) is 4.88 Å². The minimum absolute atomic E-state index is 0.143. The highest BCUT2D eigenvalue weighted by molar-refractivity contribution is 7.10. The van der Waals surface area contributed by atoms with Crippen LogP contribution in [0.4, 0.5) is 5.69 Å². The molecule has 1 N–H and O–H groups in total. The van der Waals surface area contributed by atoms with Crippen molar-refractivity contribution in [2.45, 2.75) is 19.4 Å². The molecule has 0 aliphatic carbocycles. The molecule has 0 fully saturated rings. The van der Waals surface area contributed by atoms with Gasteiger partial charge in [0.05, 0.1) is 17.7 Å². The van der Waals surface area contributed by atoms with E-state index in [4.69, 9.17) is 10.00 Å². The Labute approximate surface area is 132 Å². The number of hydrogen-bond donors (Lipinski definition) is 1. The average molecular weight is 314 g/mol. The molecule has 1 amide bonds. The van der Waals surface area contributed by atoms with Crippen LogP contribution in [0.1, 0.15) is 17.4 Å². The zero-order valence-electron chi connectivity index (χ0n) is 11.9. The predicted molar refractivity (Wildman–Crippen MR) is 83.4 cm³/mol. The van der Waals surface area contributed by atoms with E-state index >= 15 is 0 Å². The van der Waals surface area contributed by atoms with Crippen molar-refractivity contribution in [3.63, 3.8) is 0 Å². The van der Waals surface area contributed by atoms with E-state index in [1.165, 1.54) is 18.3 Å². The number of anilines is 1. The van der Waals surface area contributed by atoms with E-state index < -0.39 is 18.0 Å². The van der Waals surface area contributed by atoms with Gasteiger partial charge in [-0.25, -0.2) is 0 Å². The summed E-state index contributed by atoms with van der Waals surface area (Å²) in [5, 5.41) is 13.4. The van der Waals surface area contributed by atoms with Crippen molar-refractivity contribution in [3.05, 3.63) is 52.2 Å². The van der Waals surface area contributed by atoms with Crippen LogP contribution in [0.15, 0.2) is 41.8 Å². The van der Waals surface area contributed by atoms with Gasteiger partial charge in [0.25, 0.3) is 5.91 Å². The molecule has 6 heteroatoms. The van der Waals surface area contributed by atoms with Crippen LogP contribution in [0.3, 0.4) is 0 Å². The fourth-order valence-electron chi connectivity index (χ4n) is 1.77. The number of rotatable bonds is 5. The molecule has 5 nitrogen and oxygen atoms in total. The van der Waals surface area contributed by atoms with Crippen LogP contribution < -0.4 is 5.32 Å². The number of nitrogens with zero attached hydrogens (tertiary/aromatic N) is 1. The maximum Gasteiger partial charge on any atom is 0.311 e. The molecule has 0 aliphatic heterocycles. The minimum Gasteiger partial charge on any atom is -0.452 e. The number of para-hydroxylation sites is 1. The van der Waals surface area contributed by atoms with Crippen molar-refractivity contribution in [1.29, 1.82) is 5.26 Å². The Bertz CT molecular complexity index is 704. The third-order valence-corrected chi connectivity index (χ3v) is 3.76. The lowest BCUT2D eigenvalue weighted by atomic mass is 10.2. The summed E-state index contributed by atoms with van der Waals surface area (Å²) in [6.07, 6.45) is -0.788. The first-order valence-electron chi connectivity index (χ1n) is 6.62. The van der Waals surface area contributed by atoms with Gasteiger partial charge in [-0.15, -0.1) is 11.3 Å². The molecule has 1 aromatic heterocycles. The summed E-state index contributed by atoms with van der Waals surface area (Å²) in [7, 11) is 0. The first-order valence-corrected chi connectivity index (χ1v) is 7.50. The SMILES string of the molecule is C[C@H](OC(=O)Cc1cccs1)C(=O)Nc1ccccc1C#N. The van der Waals surface area contributed by atoms with Crippen LogP contribution in [-0.2, 0) is 20.7 Å². The Morgan fingerprint density at radius 1 is 1.32 bits per heavy atom. The maximum absolute atomic E-state index is 12.0. The van der Waals surface area contributed by atoms with Crippen LogP contribution in [0.5, 0.6) is 0 Å². The van der Waals surface area contributed by atoms with Gasteiger partial charge < -0.3 is 10.1 Å². The molecule has 0 saturated carbocycles. The topological polar surface area (TPSA) is 79.2 Å². The minimum atomic E-state index is -0.931. The molecule has 0 unspecified atom stereocenters. The Morgan fingerprint density at radius 2 is 2.09 bits per heavy atom. The zero-order valence-corrected chi connectivity index (χ0v) is 12.7. The molecule has 1 aromatic carbocycles. The standard InChI is InChI=1S/C16H14N2O3S/c1-11(21-15(19)9-13-6-4-8-22-13)16(20)18-14-7-3-2-5-12(14)10-17/h2-8,11H,9H2,1H3,(H,18,20)/t11-/m0/s1. The maximum atomic E-state index is 12.0. The molecule has 0 saturated heterocycles. The van der Waals surface area contributed by atoms with Gasteiger partial charge in [0.1, 0.15) is 6.07 Å². The van der Waals surface area contributed by atoms with E-state index in [9.17, 15) is 9.59 Å². The molecule has 2 aromatic rings. The lowest BCUT2D eigenvalue weighted by molar-refractivity contribution is -0.152. The number of nitriles is 1. The number of nitrogens with one attached hydrogen (secondary N) is 1. The Balaban J connectivity index is 1.92. The molecule has 1 atom stereocenters. The van der Waals surface area contributed by atoms with Gasteiger partial charge in [0.2, 0.25) is 0 Å². The monoisotopic (exact) mass is 314 g/mol.